The molecule has 0 spiro atoms. The minimum atomic E-state index is -1.35. The second-order valence-corrected chi connectivity index (χ2v) is 6.62. The van der Waals surface area contributed by atoms with Crippen molar-refractivity contribution in [3.05, 3.63) is 53.6 Å². The largest absolute Gasteiger partial charge is 0.493 e. The lowest BCUT2D eigenvalue weighted by Crippen LogP contribution is -1.97. The van der Waals surface area contributed by atoms with Crippen LogP contribution in [0.2, 0.25) is 0 Å². The molecule has 0 saturated carbocycles. The van der Waals surface area contributed by atoms with Crippen molar-refractivity contribution in [1.82, 2.24) is 4.98 Å². The molecule has 5 nitrogen and oxygen atoms in total. The molecule has 3 aromatic rings. The summed E-state index contributed by atoms with van der Waals surface area (Å²) in [6, 6.07) is 11.4. The number of fused-ring (bicyclic) bond motifs is 1. The maximum atomic E-state index is 12.6. The highest BCUT2D eigenvalue weighted by atomic mass is 32.2. The van der Waals surface area contributed by atoms with E-state index in [9.17, 15) is 4.21 Å². The van der Waals surface area contributed by atoms with Gasteiger partial charge in [-0.3, -0.25) is 0 Å². The number of rotatable bonds is 6. The zero-order chi connectivity index (χ0) is 17.8. The average molecular weight is 357 g/mol. The van der Waals surface area contributed by atoms with Crippen LogP contribution in [0.5, 0.6) is 17.2 Å². The van der Waals surface area contributed by atoms with Gasteiger partial charge in [-0.05, 0) is 35.2 Å². The minimum Gasteiger partial charge on any atom is -0.493 e. The number of hydrogen-bond acceptors (Lipinski definition) is 4. The van der Waals surface area contributed by atoms with Gasteiger partial charge in [0.25, 0.3) is 0 Å². The van der Waals surface area contributed by atoms with Crippen LogP contribution in [0.4, 0.5) is 0 Å². The fourth-order valence-electron chi connectivity index (χ4n) is 2.57. The van der Waals surface area contributed by atoms with Crippen LogP contribution in [-0.2, 0) is 10.8 Å². The first-order valence-corrected chi connectivity index (χ1v) is 8.83. The van der Waals surface area contributed by atoms with E-state index < -0.39 is 10.8 Å². The number of H-pyrrole nitrogens is 1. The smallest absolute Gasteiger partial charge is 0.203 e. The first kappa shape index (κ1) is 17.1. The molecule has 0 aliphatic carbocycles. The van der Waals surface area contributed by atoms with Crippen LogP contribution < -0.4 is 14.2 Å². The molecule has 6 heteroatoms. The maximum absolute atomic E-state index is 12.6. The predicted molar refractivity (Wildman–Crippen MR) is 99.8 cm³/mol. The number of aromatic nitrogens is 1. The molecule has 1 N–H and O–H groups in total. The van der Waals surface area contributed by atoms with Crippen molar-refractivity contribution < 1.29 is 18.4 Å². The van der Waals surface area contributed by atoms with E-state index in [0.717, 1.165) is 16.5 Å². The molecule has 130 valence electrons. The van der Waals surface area contributed by atoms with Crippen molar-refractivity contribution >= 4 is 27.8 Å². The summed E-state index contributed by atoms with van der Waals surface area (Å²) < 4.78 is 28.5. The normalized spacial score (nSPS) is 12.4. The summed E-state index contributed by atoms with van der Waals surface area (Å²) in [4.78, 5) is 3.73. The van der Waals surface area contributed by atoms with Crippen LogP contribution in [0.25, 0.3) is 17.0 Å². The van der Waals surface area contributed by atoms with Gasteiger partial charge in [-0.1, -0.05) is 6.07 Å². The zero-order valence-corrected chi connectivity index (χ0v) is 15.1. The lowest BCUT2D eigenvalue weighted by Gasteiger charge is -2.13. The topological polar surface area (TPSA) is 60.6 Å². The second-order valence-electron chi connectivity index (χ2n) is 5.29. The first-order chi connectivity index (χ1) is 12.2. The molecule has 0 saturated heterocycles. The molecular formula is C19H19NO4S. The Morgan fingerprint density at radius 1 is 0.960 bits per heavy atom. The highest BCUT2D eigenvalue weighted by Gasteiger charge is 2.15. The van der Waals surface area contributed by atoms with Crippen LogP contribution >= 0.6 is 0 Å². The molecule has 25 heavy (non-hydrogen) atoms. The third-order valence-corrected chi connectivity index (χ3v) is 4.92. The molecule has 0 radical (unpaired) electrons. The maximum Gasteiger partial charge on any atom is 0.203 e. The Balaban J connectivity index is 1.89. The molecular weight excluding hydrogens is 338 g/mol. The third kappa shape index (κ3) is 3.53. The van der Waals surface area contributed by atoms with Gasteiger partial charge in [0, 0.05) is 29.3 Å². The first-order valence-electron chi connectivity index (χ1n) is 7.62. The Labute approximate surface area is 148 Å². The van der Waals surface area contributed by atoms with E-state index >= 15 is 0 Å². The van der Waals surface area contributed by atoms with Gasteiger partial charge in [-0.15, -0.1) is 0 Å². The van der Waals surface area contributed by atoms with Crippen LogP contribution in [0.3, 0.4) is 0 Å². The monoisotopic (exact) mass is 357 g/mol. The molecule has 0 fully saturated rings. The molecule has 0 aliphatic rings. The number of aromatic amines is 1. The fourth-order valence-corrected chi connectivity index (χ4v) is 3.45. The summed E-state index contributed by atoms with van der Waals surface area (Å²) in [5, 5.41) is 2.76. The summed E-state index contributed by atoms with van der Waals surface area (Å²) >= 11 is 0. The van der Waals surface area contributed by atoms with Crippen LogP contribution in [0, 0.1) is 0 Å². The van der Waals surface area contributed by atoms with Gasteiger partial charge in [0.05, 0.1) is 37.0 Å². The summed E-state index contributed by atoms with van der Waals surface area (Å²) in [5.74, 6) is 1.44. The van der Waals surface area contributed by atoms with Gasteiger partial charge in [0.15, 0.2) is 11.5 Å². The molecule has 1 heterocycles. The Morgan fingerprint density at radius 3 is 2.32 bits per heavy atom. The molecule has 1 atom stereocenters. The van der Waals surface area contributed by atoms with Crippen molar-refractivity contribution in [2.24, 2.45) is 0 Å². The van der Waals surface area contributed by atoms with Crippen molar-refractivity contribution in [3.8, 4) is 17.2 Å². The van der Waals surface area contributed by atoms with E-state index in [1.165, 1.54) is 21.3 Å². The molecule has 3 rings (SSSR count). The van der Waals surface area contributed by atoms with E-state index in [2.05, 4.69) is 4.98 Å². The summed E-state index contributed by atoms with van der Waals surface area (Å²) in [7, 11) is 3.26. The number of methoxy groups -OCH3 is 3. The van der Waals surface area contributed by atoms with Gasteiger partial charge < -0.3 is 19.2 Å². The van der Waals surface area contributed by atoms with Gasteiger partial charge in [-0.2, -0.15) is 0 Å². The average Bonchev–Trinajstić information content (AvgIpc) is 3.12. The lowest BCUT2D eigenvalue weighted by atomic mass is 10.1. The Morgan fingerprint density at radius 2 is 1.68 bits per heavy atom. The number of nitrogens with one attached hydrogen (secondary N) is 1. The van der Waals surface area contributed by atoms with Crippen LogP contribution in [0.1, 0.15) is 5.56 Å². The number of hydrogen-bond donors (Lipinski definition) is 1. The van der Waals surface area contributed by atoms with Crippen LogP contribution in [-0.4, -0.2) is 30.5 Å². The lowest BCUT2D eigenvalue weighted by molar-refractivity contribution is 0.323. The quantitative estimate of drug-likeness (QED) is 0.725. The molecule has 2 aromatic carbocycles. The van der Waals surface area contributed by atoms with Gasteiger partial charge in [-0.25, -0.2) is 4.21 Å². The van der Waals surface area contributed by atoms with E-state index in [4.69, 9.17) is 14.2 Å². The molecule has 0 amide bonds. The van der Waals surface area contributed by atoms with Gasteiger partial charge in [0.1, 0.15) is 0 Å². The zero-order valence-electron chi connectivity index (χ0n) is 14.2. The molecule has 0 bridgehead atoms. The predicted octanol–water partition coefficient (Wildman–Crippen LogP) is 3.97. The number of benzene rings is 2. The highest BCUT2D eigenvalue weighted by molar-refractivity contribution is 7.88. The standard InChI is InChI=1S/C19H19NO4S/c1-22-17-11-15(12-18(23-2)19(17)24-3)25(21)9-7-13-4-5-16-14(10-13)6-8-20-16/h4-12,20H,1-3H3/b9-7+. The summed E-state index contributed by atoms with van der Waals surface area (Å²) in [6.07, 6.45) is 3.73. The third-order valence-electron chi connectivity index (χ3n) is 3.83. The Kier molecular flexibility index (Phi) is 5.09. The van der Waals surface area contributed by atoms with Crippen molar-refractivity contribution in [3.63, 3.8) is 0 Å². The van der Waals surface area contributed by atoms with Crippen molar-refractivity contribution in [2.45, 2.75) is 4.90 Å². The summed E-state index contributed by atoms with van der Waals surface area (Å²) in [5.41, 5.74) is 2.05. The van der Waals surface area contributed by atoms with Crippen molar-refractivity contribution in [2.75, 3.05) is 21.3 Å². The molecule has 0 aliphatic heterocycles. The Bertz CT molecular complexity index is 920. The van der Waals surface area contributed by atoms with Crippen LogP contribution in [0.15, 0.2) is 52.9 Å². The molecule has 1 aromatic heterocycles. The van der Waals surface area contributed by atoms with E-state index in [0.29, 0.717) is 22.1 Å². The highest BCUT2D eigenvalue weighted by Crippen LogP contribution is 2.39. The Hall–Kier alpha value is -2.73. The molecule has 1 unspecified atom stereocenters. The number of ether oxygens (including phenoxy) is 3. The van der Waals surface area contributed by atoms with Crippen molar-refractivity contribution in [1.29, 1.82) is 0 Å². The van der Waals surface area contributed by atoms with E-state index in [-0.39, 0.29) is 0 Å². The SMILES string of the molecule is COc1cc(S(=O)/C=C/c2ccc3[nH]ccc3c2)cc(OC)c1OC. The minimum absolute atomic E-state index is 0.479. The summed E-state index contributed by atoms with van der Waals surface area (Å²) in [6.45, 7) is 0. The van der Waals surface area contributed by atoms with E-state index in [1.807, 2.05) is 36.5 Å². The fraction of sp³-hybridized carbons (Fsp3) is 0.158. The van der Waals surface area contributed by atoms with E-state index in [1.54, 1.807) is 17.5 Å². The van der Waals surface area contributed by atoms with Gasteiger partial charge >= 0.3 is 0 Å². The second kappa shape index (κ2) is 7.44. The van der Waals surface area contributed by atoms with Gasteiger partial charge in [0.2, 0.25) is 5.75 Å².